The van der Waals surface area contributed by atoms with Crippen LogP contribution >= 0.6 is 15.9 Å². The first-order valence-electron chi connectivity index (χ1n) is 5.77. The van der Waals surface area contributed by atoms with Crippen LogP contribution in [0.5, 0.6) is 0 Å². The van der Waals surface area contributed by atoms with Crippen LogP contribution in [0, 0.1) is 0 Å². The van der Waals surface area contributed by atoms with E-state index in [1.165, 1.54) is 12.8 Å². The summed E-state index contributed by atoms with van der Waals surface area (Å²) in [5.41, 5.74) is 0.585. The van der Waals surface area contributed by atoms with Crippen molar-refractivity contribution in [3.05, 3.63) is 28.5 Å². The van der Waals surface area contributed by atoms with E-state index in [4.69, 9.17) is 0 Å². The van der Waals surface area contributed by atoms with Crippen LogP contribution in [-0.2, 0) is 0 Å². The molecule has 0 radical (unpaired) electrons. The largest absolute Gasteiger partial charge is 0.351 e. The Bertz CT molecular complexity index is 406. The van der Waals surface area contributed by atoms with Gasteiger partial charge >= 0.3 is 0 Å². The highest BCUT2D eigenvalue weighted by Gasteiger charge is 2.25. The smallest absolute Gasteiger partial charge is 0.254 e. The molecule has 0 saturated heterocycles. The average molecular weight is 298 g/mol. The third kappa shape index (κ3) is 3.51. The molecule has 0 bridgehead atoms. The molecule has 4 nitrogen and oxygen atoms in total. The molecule has 1 saturated carbocycles. The van der Waals surface area contributed by atoms with Gasteiger partial charge in [0.2, 0.25) is 0 Å². The maximum atomic E-state index is 11.8. The summed E-state index contributed by atoms with van der Waals surface area (Å²) in [5.74, 6) is -0.0748. The van der Waals surface area contributed by atoms with Crippen LogP contribution in [0.15, 0.2) is 22.9 Å². The Kier molecular flexibility index (Phi) is 4.12. The van der Waals surface area contributed by atoms with Crippen LogP contribution < -0.4 is 5.32 Å². The lowest BCUT2D eigenvalue weighted by atomic mass is 10.3. The number of hydrogen-bond acceptors (Lipinski definition) is 3. The van der Waals surface area contributed by atoms with Gasteiger partial charge in [0.05, 0.1) is 5.56 Å². The Morgan fingerprint density at radius 1 is 1.65 bits per heavy atom. The number of carbonyl (C=O) groups is 1. The second-order valence-corrected chi connectivity index (χ2v) is 5.06. The van der Waals surface area contributed by atoms with Gasteiger partial charge in [0.15, 0.2) is 0 Å². The second-order valence-electron chi connectivity index (χ2n) is 4.31. The van der Waals surface area contributed by atoms with E-state index in [0.717, 1.165) is 12.6 Å². The zero-order valence-corrected chi connectivity index (χ0v) is 11.4. The van der Waals surface area contributed by atoms with Crippen LogP contribution in [0.25, 0.3) is 0 Å². The van der Waals surface area contributed by atoms with Crippen molar-refractivity contribution in [1.82, 2.24) is 15.2 Å². The summed E-state index contributed by atoms with van der Waals surface area (Å²) in [5, 5.41) is 2.90. The maximum absolute atomic E-state index is 11.8. The zero-order valence-electron chi connectivity index (χ0n) is 9.82. The van der Waals surface area contributed by atoms with Crippen molar-refractivity contribution in [2.24, 2.45) is 0 Å². The third-order valence-electron chi connectivity index (χ3n) is 2.92. The van der Waals surface area contributed by atoms with Crippen molar-refractivity contribution in [2.75, 3.05) is 20.1 Å². The van der Waals surface area contributed by atoms with Crippen LogP contribution in [0.1, 0.15) is 23.2 Å². The Hall–Kier alpha value is -0.940. The fourth-order valence-electron chi connectivity index (χ4n) is 1.69. The van der Waals surface area contributed by atoms with Gasteiger partial charge < -0.3 is 10.2 Å². The molecule has 17 heavy (non-hydrogen) atoms. The molecule has 2 rings (SSSR count). The van der Waals surface area contributed by atoms with E-state index in [1.807, 2.05) is 0 Å². The lowest BCUT2D eigenvalue weighted by Gasteiger charge is -2.15. The lowest BCUT2D eigenvalue weighted by molar-refractivity contribution is 0.0948. The molecule has 1 aliphatic rings. The number of pyridine rings is 1. The molecule has 0 aromatic carbocycles. The molecule has 1 heterocycles. The summed E-state index contributed by atoms with van der Waals surface area (Å²) in [6, 6.07) is 4.25. The minimum atomic E-state index is -0.0748. The summed E-state index contributed by atoms with van der Waals surface area (Å²) < 4.78 is 0.591. The third-order valence-corrected chi connectivity index (χ3v) is 3.56. The molecule has 0 aliphatic heterocycles. The van der Waals surface area contributed by atoms with Gasteiger partial charge in [-0.15, -0.1) is 0 Å². The number of likely N-dealkylation sites (N-methyl/N-ethyl adjacent to an activating group) is 1. The van der Waals surface area contributed by atoms with E-state index in [-0.39, 0.29) is 5.91 Å². The first-order chi connectivity index (χ1) is 8.18. The maximum Gasteiger partial charge on any atom is 0.254 e. The van der Waals surface area contributed by atoms with Crippen molar-refractivity contribution >= 4 is 21.8 Å². The van der Waals surface area contributed by atoms with Gasteiger partial charge in [-0.2, -0.15) is 0 Å². The molecule has 0 unspecified atom stereocenters. The van der Waals surface area contributed by atoms with Gasteiger partial charge in [-0.25, -0.2) is 4.98 Å². The van der Waals surface area contributed by atoms with Gasteiger partial charge in [-0.1, -0.05) is 0 Å². The predicted molar refractivity (Wildman–Crippen MR) is 69.9 cm³/mol. The molecule has 0 atom stereocenters. The van der Waals surface area contributed by atoms with Crippen LogP contribution in [0.2, 0.25) is 0 Å². The fourth-order valence-corrected chi connectivity index (χ4v) is 2.12. The topological polar surface area (TPSA) is 45.2 Å². The highest BCUT2D eigenvalue weighted by atomic mass is 79.9. The van der Waals surface area contributed by atoms with Crippen LogP contribution in [-0.4, -0.2) is 42.0 Å². The summed E-state index contributed by atoms with van der Waals surface area (Å²) in [7, 11) is 2.10. The lowest BCUT2D eigenvalue weighted by Crippen LogP contribution is -2.34. The number of aromatic nitrogens is 1. The molecule has 0 spiro atoms. The van der Waals surface area contributed by atoms with Crippen molar-refractivity contribution in [3.8, 4) is 0 Å². The summed E-state index contributed by atoms with van der Waals surface area (Å²) in [6.07, 6.45) is 4.24. The van der Waals surface area contributed by atoms with Crippen molar-refractivity contribution in [2.45, 2.75) is 18.9 Å². The number of amides is 1. The quantitative estimate of drug-likeness (QED) is 0.841. The number of hydrogen-bond donors (Lipinski definition) is 1. The fraction of sp³-hybridized carbons (Fsp3) is 0.500. The molecule has 1 amide bonds. The molecule has 5 heteroatoms. The molecular weight excluding hydrogens is 282 g/mol. The number of nitrogens with one attached hydrogen (secondary N) is 1. The Morgan fingerprint density at radius 2 is 2.41 bits per heavy atom. The second kappa shape index (κ2) is 5.60. The molecule has 1 fully saturated rings. The highest BCUT2D eigenvalue weighted by Crippen LogP contribution is 2.24. The number of halogens is 1. The Morgan fingerprint density at radius 3 is 3.06 bits per heavy atom. The summed E-state index contributed by atoms with van der Waals surface area (Å²) in [4.78, 5) is 18.2. The van der Waals surface area contributed by atoms with Gasteiger partial charge in [0.1, 0.15) is 4.60 Å². The average Bonchev–Trinajstić information content (AvgIpc) is 3.13. The van der Waals surface area contributed by atoms with Gasteiger partial charge in [0, 0.05) is 25.3 Å². The minimum Gasteiger partial charge on any atom is -0.351 e. The standard InChI is InChI=1S/C12H16BrN3O/c1-16(9-4-5-9)8-7-15-12(17)10-3-2-6-14-11(10)13/h2-3,6,9H,4-5,7-8H2,1H3,(H,15,17). The van der Waals surface area contributed by atoms with E-state index in [2.05, 4.69) is 38.2 Å². The molecule has 1 aliphatic carbocycles. The number of carbonyl (C=O) groups excluding carboxylic acids is 1. The van der Waals surface area contributed by atoms with Crippen molar-refractivity contribution in [1.29, 1.82) is 0 Å². The Labute approximate surface area is 110 Å². The van der Waals surface area contributed by atoms with E-state index >= 15 is 0 Å². The number of nitrogens with zero attached hydrogens (tertiary/aromatic N) is 2. The molecule has 1 N–H and O–H groups in total. The monoisotopic (exact) mass is 297 g/mol. The summed E-state index contributed by atoms with van der Waals surface area (Å²) >= 11 is 3.27. The zero-order chi connectivity index (χ0) is 12.3. The first-order valence-corrected chi connectivity index (χ1v) is 6.56. The van der Waals surface area contributed by atoms with E-state index < -0.39 is 0 Å². The minimum absolute atomic E-state index is 0.0748. The van der Waals surface area contributed by atoms with Crippen LogP contribution in [0.4, 0.5) is 0 Å². The summed E-state index contributed by atoms with van der Waals surface area (Å²) in [6.45, 7) is 1.57. The first kappa shape index (κ1) is 12.5. The molecule has 1 aromatic rings. The SMILES string of the molecule is CN(CCNC(=O)c1cccnc1Br)C1CC1. The van der Waals surface area contributed by atoms with Gasteiger partial charge in [0.25, 0.3) is 5.91 Å². The van der Waals surface area contributed by atoms with E-state index in [9.17, 15) is 4.79 Å². The van der Waals surface area contributed by atoms with Crippen LogP contribution in [0.3, 0.4) is 0 Å². The number of rotatable bonds is 5. The van der Waals surface area contributed by atoms with Crippen molar-refractivity contribution < 1.29 is 4.79 Å². The normalized spacial score (nSPS) is 15.0. The van der Waals surface area contributed by atoms with E-state index in [1.54, 1.807) is 18.3 Å². The van der Waals surface area contributed by atoms with Crippen molar-refractivity contribution in [3.63, 3.8) is 0 Å². The molecule has 92 valence electrons. The van der Waals surface area contributed by atoms with Gasteiger partial charge in [-0.3, -0.25) is 4.79 Å². The molecular formula is C12H16BrN3O. The Balaban J connectivity index is 1.79. The van der Waals surface area contributed by atoms with E-state index in [0.29, 0.717) is 16.7 Å². The highest BCUT2D eigenvalue weighted by molar-refractivity contribution is 9.10. The van der Waals surface area contributed by atoms with Gasteiger partial charge in [-0.05, 0) is 48.0 Å². The predicted octanol–water partition coefficient (Wildman–Crippen LogP) is 1.67. The molecule has 1 aromatic heterocycles.